The quantitative estimate of drug-likeness (QED) is 0.405. The number of nitro benzene ring substituents is 1. The van der Waals surface area contributed by atoms with Crippen LogP contribution in [0, 0.1) is 17.0 Å². The van der Waals surface area contributed by atoms with Crippen molar-refractivity contribution in [1.82, 2.24) is 9.78 Å². The Morgan fingerprint density at radius 3 is 2.15 bits per heavy atom. The molecular weight excluding hydrogens is 342 g/mol. The molecule has 3 aromatic carbocycles. The Morgan fingerprint density at radius 1 is 0.889 bits per heavy atom. The molecule has 0 unspecified atom stereocenters. The highest BCUT2D eigenvalue weighted by Gasteiger charge is 2.14. The van der Waals surface area contributed by atoms with E-state index in [0.29, 0.717) is 16.8 Å². The molecule has 0 radical (unpaired) electrons. The minimum Gasteiger partial charge on any atom is -0.267 e. The summed E-state index contributed by atoms with van der Waals surface area (Å²) in [6.45, 7) is 2.01. The van der Waals surface area contributed by atoms with E-state index in [9.17, 15) is 14.9 Å². The van der Waals surface area contributed by atoms with Gasteiger partial charge in [-0.3, -0.25) is 14.9 Å². The average molecular weight is 357 g/mol. The molecule has 1 heterocycles. The molecular formula is C21H15N3O3. The lowest BCUT2D eigenvalue weighted by Gasteiger charge is -2.11. The first-order chi connectivity index (χ1) is 13.0. The topological polar surface area (TPSA) is 78.0 Å². The second-order valence-electron chi connectivity index (χ2n) is 6.25. The number of hydrogen-bond acceptors (Lipinski definition) is 4. The van der Waals surface area contributed by atoms with Crippen LogP contribution in [0.2, 0.25) is 0 Å². The monoisotopic (exact) mass is 357 g/mol. The minimum absolute atomic E-state index is 0.0358. The molecule has 132 valence electrons. The van der Waals surface area contributed by atoms with Gasteiger partial charge < -0.3 is 0 Å². The summed E-state index contributed by atoms with van der Waals surface area (Å²) < 4.78 is 1.29. The molecule has 0 spiro atoms. The van der Waals surface area contributed by atoms with Crippen molar-refractivity contribution >= 4 is 16.5 Å². The van der Waals surface area contributed by atoms with Crippen LogP contribution in [0.3, 0.4) is 0 Å². The fourth-order valence-electron chi connectivity index (χ4n) is 3.00. The number of benzene rings is 3. The van der Waals surface area contributed by atoms with Crippen LogP contribution < -0.4 is 5.56 Å². The average Bonchev–Trinajstić information content (AvgIpc) is 2.69. The second-order valence-corrected chi connectivity index (χ2v) is 6.25. The van der Waals surface area contributed by atoms with E-state index < -0.39 is 4.92 Å². The van der Waals surface area contributed by atoms with Crippen LogP contribution >= 0.6 is 0 Å². The second kappa shape index (κ2) is 6.49. The standard InChI is InChI=1S/C21H15N3O3/c1-14-6-8-15(9-7-14)20-18-4-2-3-5-19(18)21(25)23(22-20)16-10-12-17(13-11-16)24(26)27/h2-13H,1H3. The third-order valence-corrected chi connectivity index (χ3v) is 4.44. The van der Waals surface area contributed by atoms with Crippen LogP contribution in [-0.4, -0.2) is 14.7 Å². The lowest BCUT2D eigenvalue weighted by molar-refractivity contribution is -0.384. The molecule has 27 heavy (non-hydrogen) atoms. The molecule has 0 N–H and O–H groups in total. The van der Waals surface area contributed by atoms with Crippen molar-refractivity contribution in [2.45, 2.75) is 6.92 Å². The Kier molecular flexibility index (Phi) is 4.01. The molecule has 0 fully saturated rings. The van der Waals surface area contributed by atoms with Gasteiger partial charge in [0.25, 0.3) is 11.2 Å². The van der Waals surface area contributed by atoms with Crippen molar-refractivity contribution in [2.75, 3.05) is 0 Å². The Balaban J connectivity index is 1.99. The molecule has 1 aromatic heterocycles. The van der Waals surface area contributed by atoms with Crippen LogP contribution in [0.4, 0.5) is 5.69 Å². The maximum Gasteiger partial charge on any atom is 0.279 e. The van der Waals surface area contributed by atoms with Crippen LogP contribution in [0.15, 0.2) is 77.6 Å². The normalized spacial score (nSPS) is 10.9. The lowest BCUT2D eigenvalue weighted by Crippen LogP contribution is -2.22. The zero-order valence-electron chi connectivity index (χ0n) is 14.5. The fourth-order valence-corrected chi connectivity index (χ4v) is 3.00. The molecule has 6 nitrogen and oxygen atoms in total. The van der Waals surface area contributed by atoms with E-state index in [1.54, 1.807) is 6.07 Å². The molecule has 4 aromatic rings. The molecule has 4 rings (SSSR count). The summed E-state index contributed by atoms with van der Waals surface area (Å²) >= 11 is 0. The highest BCUT2D eigenvalue weighted by atomic mass is 16.6. The summed E-state index contributed by atoms with van der Waals surface area (Å²) in [6, 6.07) is 21.0. The summed E-state index contributed by atoms with van der Waals surface area (Å²) in [5.41, 5.74) is 2.88. The first-order valence-corrected chi connectivity index (χ1v) is 8.38. The Morgan fingerprint density at radius 2 is 1.52 bits per heavy atom. The Bertz CT molecular complexity index is 1210. The summed E-state index contributed by atoms with van der Waals surface area (Å²) in [6.07, 6.45) is 0. The summed E-state index contributed by atoms with van der Waals surface area (Å²) in [4.78, 5) is 23.4. The van der Waals surface area contributed by atoms with E-state index in [-0.39, 0.29) is 11.2 Å². The number of nitrogens with zero attached hydrogens (tertiary/aromatic N) is 3. The van der Waals surface area contributed by atoms with E-state index >= 15 is 0 Å². The van der Waals surface area contributed by atoms with E-state index in [2.05, 4.69) is 5.10 Å². The smallest absolute Gasteiger partial charge is 0.267 e. The van der Waals surface area contributed by atoms with Gasteiger partial charge in [-0.15, -0.1) is 0 Å². The molecule has 0 aliphatic heterocycles. The van der Waals surface area contributed by atoms with Gasteiger partial charge in [-0.25, -0.2) is 0 Å². The van der Waals surface area contributed by atoms with Gasteiger partial charge in [-0.1, -0.05) is 48.0 Å². The van der Waals surface area contributed by atoms with Crippen molar-refractivity contribution in [1.29, 1.82) is 0 Å². The Labute approximate surface area is 154 Å². The highest BCUT2D eigenvalue weighted by Crippen LogP contribution is 2.26. The molecule has 0 bridgehead atoms. The van der Waals surface area contributed by atoms with Crippen LogP contribution in [-0.2, 0) is 0 Å². The first kappa shape index (κ1) is 16.7. The van der Waals surface area contributed by atoms with Crippen LogP contribution in [0.1, 0.15) is 5.56 Å². The predicted molar refractivity (Wildman–Crippen MR) is 104 cm³/mol. The zero-order chi connectivity index (χ0) is 19.0. The van der Waals surface area contributed by atoms with Crippen molar-refractivity contribution in [3.8, 4) is 16.9 Å². The molecule has 0 amide bonds. The lowest BCUT2D eigenvalue weighted by atomic mass is 10.0. The maximum atomic E-state index is 13.0. The summed E-state index contributed by atoms with van der Waals surface area (Å²) in [7, 11) is 0. The van der Waals surface area contributed by atoms with Gasteiger partial charge in [0.1, 0.15) is 0 Å². The first-order valence-electron chi connectivity index (χ1n) is 8.38. The highest BCUT2D eigenvalue weighted by molar-refractivity contribution is 5.93. The largest absolute Gasteiger partial charge is 0.279 e. The van der Waals surface area contributed by atoms with Crippen molar-refractivity contribution in [3.63, 3.8) is 0 Å². The molecule has 6 heteroatoms. The van der Waals surface area contributed by atoms with Gasteiger partial charge in [-0.2, -0.15) is 9.78 Å². The third-order valence-electron chi connectivity index (χ3n) is 4.44. The Hall–Kier alpha value is -3.80. The van der Waals surface area contributed by atoms with E-state index in [4.69, 9.17) is 0 Å². The van der Waals surface area contributed by atoms with Gasteiger partial charge in [0.15, 0.2) is 0 Å². The van der Waals surface area contributed by atoms with Crippen molar-refractivity contribution in [2.24, 2.45) is 0 Å². The summed E-state index contributed by atoms with van der Waals surface area (Å²) in [5.74, 6) is 0. The molecule has 0 aliphatic rings. The summed E-state index contributed by atoms with van der Waals surface area (Å²) in [5, 5.41) is 16.8. The van der Waals surface area contributed by atoms with Gasteiger partial charge in [0.2, 0.25) is 0 Å². The number of fused-ring (bicyclic) bond motifs is 1. The third kappa shape index (κ3) is 2.97. The van der Waals surface area contributed by atoms with Gasteiger partial charge in [0, 0.05) is 23.1 Å². The SMILES string of the molecule is Cc1ccc(-c2nn(-c3ccc([N+](=O)[O-])cc3)c(=O)c3ccccc23)cc1. The number of rotatable bonds is 3. The number of non-ortho nitro benzene ring substituents is 1. The van der Waals surface area contributed by atoms with Crippen molar-refractivity contribution < 1.29 is 4.92 Å². The van der Waals surface area contributed by atoms with Crippen LogP contribution in [0.25, 0.3) is 27.7 Å². The van der Waals surface area contributed by atoms with Crippen molar-refractivity contribution in [3.05, 3.63) is 98.8 Å². The molecule has 0 atom stereocenters. The number of aryl methyl sites for hydroxylation is 1. The molecule has 0 saturated carbocycles. The van der Waals surface area contributed by atoms with E-state index in [1.165, 1.54) is 28.9 Å². The van der Waals surface area contributed by atoms with E-state index in [1.807, 2.05) is 49.4 Å². The molecule has 0 aliphatic carbocycles. The maximum absolute atomic E-state index is 13.0. The fraction of sp³-hybridized carbons (Fsp3) is 0.0476. The van der Waals surface area contributed by atoms with Crippen LogP contribution in [0.5, 0.6) is 0 Å². The molecule has 0 saturated heterocycles. The zero-order valence-corrected chi connectivity index (χ0v) is 14.5. The van der Waals surface area contributed by atoms with Gasteiger partial charge in [-0.05, 0) is 25.1 Å². The number of nitro groups is 1. The minimum atomic E-state index is -0.474. The number of aromatic nitrogens is 2. The van der Waals surface area contributed by atoms with E-state index in [0.717, 1.165) is 16.5 Å². The van der Waals surface area contributed by atoms with Gasteiger partial charge >= 0.3 is 0 Å². The predicted octanol–water partition coefficient (Wildman–Crippen LogP) is 4.27. The van der Waals surface area contributed by atoms with Gasteiger partial charge in [0.05, 0.1) is 21.7 Å². The number of hydrogen-bond donors (Lipinski definition) is 0.